The lowest BCUT2D eigenvalue weighted by atomic mass is 10.1. The first-order chi connectivity index (χ1) is 19.2. The van der Waals surface area contributed by atoms with Crippen LogP contribution in [0.15, 0.2) is 59.8 Å². The number of nitrogens with zero attached hydrogens (tertiary/aromatic N) is 6. The number of rotatable bonds is 7. The minimum atomic E-state index is -3.82. The zero-order chi connectivity index (χ0) is 28.2. The highest BCUT2D eigenvalue weighted by atomic mass is 32.2. The molecule has 0 bridgehead atoms. The van der Waals surface area contributed by atoms with Crippen LogP contribution in [0.4, 0.5) is 0 Å². The number of sulfonamides is 1. The van der Waals surface area contributed by atoms with Gasteiger partial charge in [0.1, 0.15) is 22.3 Å². The van der Waals surface area contributed by atoms with E-state index in [1.54, 1.807) is 40.7 Å². The second kappa shape index (κ2) is 9.86. The lowest BCUT2D eigenvalue weighted by molar-refractivity contribution is 0.0695. The highest BCUT2D eigenvalue weighted by Gasteiger charge is 2.46. The second-order valence-electron chi connectivity index (χ2n) is 10.4. The molecule has 0 radical (unpaired) electrons. The summed E-state index contributed by atoms with van der Waals surface area (Å²) in [5, 5.41) is 22.6. The number of carboxylic acids is 1. The average molecular weight is 563 g/mol. The Morgan fingerprint density at radius 2 is 1.98 bits per heavy atom. The predicted octanol–water partition coefficient (Wildman–Crippen LogP) is 3.64. The van der Waals surface area contributed by atoms with E-state index in [2.05, 4.69) is 15.4 Å². The average Bonchev–Trinajstić information content (AvgIpc) is 3.41. The molecule has 6 rings (SSSR count). The Bertz CT molecular complexity index is 1710. The number of aromatic nitrogens is 5. The van der Waals surface area contributed by atoms with Crippen molar-refractivity contribution in [2.45, 2.75) is 56.1 Å². The van der Waals surface area contributed by atoms with Crippen LogP contribution in [0, 0.1) is 6.92 Å². The molecule has 1 fully saturated rings. The number of hydrogen-bond acceptors (Lipinski definition) is 7. The molecule has 208 valence electrons. The Hall–Kier alpha value is -4.03. The van der Waals surface area contributed by atoms with Crippen molar-refractivity contribution in [2.24, 2.45) is 7.05 Å². The highest BCUT2D eigenvalue weighted by Crippen LogP contribution is 2.55. The van der Waals surface area contributed by atoms with Crippen LogP contribution in [0.1, 0.15) is 64.5 Å². The van der Waals surface area contributed by atoms with E-state index in [1.165, 1.54) is 10.5 Å². The lowest BCUT2D eigenvalue weighted by Gasteiger charge is -2.23. The minimum absolute atomic E-state index is 0.0560. The van der Waals surface area contributed by atoms with Crippen LogP contribution >= 0.6 is 0 Å². The number of benzene rings is 2. The monoisotopic (exact) mass is 562 g/mol. The standard InChI is InChI=1S/C28H30N6O5S/c1-4-20-15-33(40(37,38)26-8-6-5-7-25(26)39-20)14-18-11-19(10-9-17(18)2)34-27(23(13-29-34)28(35)36)22-12-21(22)24-16-32(3)31-30-24/h5-11,13,16,20-22H,4,12,14-15H2,1-3H3,(H,35,36)/t20-,21-,22-/m1/s1. The molecule has 2 aliphatic rings. The van der Waals surface area contributed by atoms with Gasteiger partial charge in [0.25, 0.3) is 0 Å². The fourth-order valence-corrected chi connectivity index (χ4v) is 6.97. The van der Waals surface area contributed by atoms with Gasteiger partial charge in [0, 0.05) is 31.6 Å². The molecule has 3 atom stereocenters. The molecule has 0 spiro atoms. The summed E-state index contributed by atoms with van der Waals surface area (Å²) in [5.74, 6) is -0.689. The summed E-state index contributed by atoms with van der Waals surface area (Å²) >= 11 is 0. The number of carboxylic acid groups (broad SMARTS) is 1. The van der Waals surface area contributed by atoms with Crippen LogP contribution in [-0.2, 0) is 23.6 Å². The van der Waals surface area contributed by atoms with Gasteiger partial charge in [-0.2, -0.15) is 9.40 Å². The summed E-state index contributed by atoms with van der Waals surface area (Å²) < 4.78 is 38.2. The van der Waals surface area contributed by atoms with Gasteiger partial charge in [-0.25, -0.2) is 17.9 Å². The maximum atomic E-state index is 13.7. The third-order valence-corrected chi connectivity index (χ3v) is 9.58. The number of para-hydroxylation sites is 1. The van der Waals surface area contributed by atoms with Crippen molar-refractivity contribution in [3.05, 3.63) is 82.9 Å². The van der Waals surface area contributed by atoms with Gasteiger partial charge in [0.05, 0.1) is 29.8 Å². The van der Waals surface area contributed by atoms with Gasteiger partial charge in [0.15, 0.2) is 0 Å². The number of aryl methyl sites for hydroxylation is 2. The Labute approximate surface area is 232 Å². The first-order valence-corrected chi connectivity index (χ1v) is 14.6. The van der Waals surface area contributed by atoms with Gasteiger partial charge in [0.2, 0.25) is 10.0 Å². The van der Waals surface area contributed by atoms with Crippen molar-refractivity contribution < 1.29 is 23.1 Å². The summed E-state index contributed by atoms with van der Waals surface area (Å²) in [6, 6.07) is 12.4. The van der Waals surface area contributed by atoms with Crippen molar-refractivity contribution in [2.75, 3.05) is 6.54 Å². The molecule has 2 aromatic heterocycles. The molecule has 11 nitrogen and oxygen atoms in total. The molecule has 2 aromatic carbocycles. The van der Waals surface area contributed by atoms with Gasteiger partial charge in [-0.05, 0) is 55.2 Å². The van der Waals surface area contributed by atoms with Crippen LogP contribution < -0.4 is 4.74 Å². The zero-order valence-corrected chi connectivity index (χ0v) is 23.2. The van der Waals surface area contributed by atoms with Crippen LogP contribution in [0.3, 0.4) is 0 Å². The van der Waals surface area contributed by atoms with E-state index in [1.807, 2.05) is 38.2 Å². The second-order valence-corrected chi connectivity index (χ2v) is 12.3. The third-order valence-electron chi connectivity index (χ3n) is 7.73. The lowest BCUT2D eigenvalue weighted by Crippen LogP contribution is -2.36. The van der Waals surface area contributed by atoms with E-state index in [4.69, 9.17) is 4.74 Å². The number of ether oxygens (including phenoxy) is 1. The van der Waals surface area contributed by atoms with Crippen LogP contribution in [0.2, 0.25) is 0 Å². The van der Waals surface area contributed by atoms with E-state index >= 15 is 0 Å². The van der Waals surface area contributed by atoms with Crippen molar-refractivity contribution >= 4 is 16.0 Å². The normalized spacial score (nSPS) is 21.8. The maximum Gasteiger partial charge on any atom is 0.339 e. The Morgan fingerprint density at radius 3 is 2.70 bits per heavy atom. The summed E-state index contributed by atoms with van der Waals surface area (Å²) in [5.41, 5.74) is 3.96. The van der Waals surface area contributed by atoms with E-state index in [-0.39, 0.29) is 41.5 Å². The largest absolute Gasteiger partial charge is 0.488 e. The molecule has 0 amide bonds. The van der Waals surface area contributed by atoms with Gasteiger partial charge >= 0.3 is 5.97 Å². The summed E-state index contributed by atoms with van der Waals surface area (Å²) in [7, 11) is -2.02. The van der Waals surface area contributed by atoms with Gasteiger partial charge in [-0.15, -0.1) is 5.10 Å². The number of carbonyl (C=O) groups is 1. The molecule has 0 saturated heterocycles. The molecular weight excluding hydrogens is 532 g/mol. The Balaban J connectivity index is 1.36. The summed E-state index contributed by atoms with van der Waals surface area (Å²) in [6.45, 7) is 4.27. The molecule has 4 aromatic rings. The van der Waals surface area contributed by atoms with Crippen LogP contribution in [0.5, 0.6) is 5.75 Å². The third kappa shape index (κ3) is 4.56. The fraction of sp³-hybridized carbons (Fsp3) is 0.357. The minimum Gasteiger partial charge on any atom is -0.488 e. The molecule has 0 unspecified atom stereocenters. The first-order valence-electron chi connectivity index (χ1n) is 13.2. The van der Waals surface area contributed by atoms with Crippen molar-refractivity contribution in [1.29, 1.82) is 0 Å². The van der Waals surface area contributed by atoms with Crippen LogP contribution in [0.25, 0.3) is 5.69 Å². The van der Waals surface area contributed by atoms with E-state index in [0.717, 1.165) is 23.2 Å². The molecule has 1 N–H and O–H groups in total. The zero-order valence-electron chi connectivity index (χ0n) is 22.4. The van der Waals surface area contributed by atoms with Gasteiger partial charge < -0.3 is 9.84 Å². The highest BCUT2D eigenvalue weighted by molar-refractivity contribution is 7.89. The SMILES string of the molecule is CC[C@@H]1CN(Cc2cc(-n3ncc(C(=O)O)c3[C@@H]3C[C@H]3c3cn(C)nn3)ccc2C)S(=O)(=O)c2ccccc2O1. The molecule has 12 heteroatoms. The Morgan fingerprint density at radius 1 is 1.18 bits per heavy atom. The number of fused-ring (bicyclic) bond motifs is 1. The summed E-state index contributed by atoms with van der Waals surface area (Å²) in [6.07, 6.45) is 4.34. The summed E-state index contributed by atoms with van der Waals surface area (Å²) in [4.78, 5) is 12.3. The van der Waals surface area contributed by atoms with Crippen molar-refractivity contribution in [3.8, 4) is 11.4 Å². The molecule has 40 heavy (non-hydrogen) atoms. The fourth-order valence-electron chi connectivity index (χ4n) is 5.40. The smallest absolute Gasteiger partial charge is 0.339 e. The molecule has 1 saturated carbocycles. The van der Waals surface area contributed by atoms with E-state index < -0.39 is 16.0 Å². The molecule has 1 aliphatic heterocycles. The molecule has 3 heterocycles. The van der Waals surface area contributed by atoms with E-state index in [0.29, 0.717) is 23.6 Å². The number of aromatic carboxylic acids is 1. The van der Waals surface area contributed by atoms with Crippen LogP contribution in [-0.4, -0.2) is 61.2 Å². The topological polar surface area (TPSA) is 132 Å². The molecular formula is C28H30N6O5S. The predicted molar refractivity (Wildman–Crippen MR) is 145 cm³/mol. The Kier molecular flexibility index (Phi) is 6.46. The van der Waals surface area contributed by atoms with Gasteiger partial charge in [-0.1, -0.05) is 30.3 Å². The van der Waals surface area contributed by atoms with Crippen molar-refractivity contribution in [1.82, 2.24) is 29.1 Å². The van der Waals surface area contributed by atoms with E-state index in [9.17, 15) is 18.3 Å². The maximum absolute atomic E-state index is 13.7. The quantitative estimate of drug-likeness (QED) is 0.361. The molecule has 1 aliphatic carbocycles. The first kappa shape index (κ1) is 26.2. The van der Waals surface area contributed by atoms with Gasteiger partial charge in [-0.3, -0.25) is 4.68 Å². The van der Waals surface area contributed by atoms with Crippen molar-refractivity contribution in [3.63, 3.8) is 0 Å². The number of hydrogen-bond donors (Lipinski definition) is 1.